The smallest absolute Gasteiger partial charge is 0.321 e. The summed E-state index contributed by atoms with van der Waals surface area (Å²) < 4.78 is 5.52. The van der Waals surface area contributed by atoms with E-state index >= 15 is 0 Å². The molecule has 1 aliphatic heterocycles. The van der Waals surface area contributed by atoms with Crippen molar-refractivity contribution >= 4 is 29.2 Å². The van der Waals surface area contributed by atoms with E-state index in [1.807, 2.05) is 6.07 Å². The van der Waals surface area contributed by atoms with E-state index in [0.29, 0.717) is 54.6 Å². The molecule has 0 aliphatic carbocycles. The zero-order valence-electron chi connectivity index (χ0n) is 15.8. The van der Waals surface area contributed by atoms with Gasteiger partial charge in [-0.3, -0.25) is 4.79 Å². The molecule has 0 aromatic heterocycles. The van der Waals surface area contributed by atoms with E-state index in [-0.39, 0.29) is 18.5 Å². The number of carbonyl (C=O) groups excluding carboxylic acids is 2. The van der Waals surface area contributed by atoms with Gasteiger partial charge in [-0.15, -0.1) is 0 Å². The molecule has 0 bridgehead atoms. The molecule has 0 spiro atoms. The first kappa shape index (κ1) is 20.5. The molecule has 0 radical (unpaired) electrons. The Morgan fingerprint density at radius 1 is 1.07 bits per heavy atom. The van der Waals surface area contributed by atoms with Crippen LogP contribution in [0.5, 0.6) is 5.75 Å². The van der Waals surface area contributed by atoms with Gasteiger partial charge in [-0.05, 0) is 48.9 Å². The number of ether oxygens (including phenoxy) is 1. The first-order valence-corrected chi connectivity index (χ1v) is 9.65. The van der Waals surface area contributed by atoms with E-state index in [0.717, 1.165) is 0 Å². The third kappa shape index (κ3) is 5.87. The van der Waals surface area contributed by atoms with Crippen LogP contribution in [0, 0.1) is 11.3 Å². The minimum absolute atomic E-state index is 0.0827. The van der Waals surface area contributed by atoms with E-state index in [4.69, 9.17) is 21.6 Å². The second-order valence-electron chi connectivity index (χ2n) is 6.59. The summed E-state index contributed by atoms with van der Waals surface area (Å²) in [4.78, 5) is 28.4. The van der Waals surface area contributed by atoms with Crippen LogP contribution >= 0.6 is 11.6 Å². The molecule has 2 aromatic rings. The molecule has 29 heavy (non-hydrogen) atoms. The Balaban J connectivity index is 1.48. The van der Waals surface area contributed by atoms with Crippen LogP contribution in [0.3, 0.4) is 0 Å². The minimum Gasteiger partial charge on any atom is -0.484 e. The fraction of sp³-hybridized carbons (Fsp3) is 0.286. The highest BCUT2D eigenvalue weighted by molar-refractivity contribution is 6.30. The molecule has 3 rings (SSSR count). The summed E-state index contributed by atoms with van der Waals surface area (Å²) in [6, 6.07) is 15.4. The molecule has 1 saturated heterocycles. The Labute approximate surface area is 174 Å². The highest BCUT2D eigenvalue weighted by Crippen LogP contribution is 2.16. The largest absolute Gasteiger partial charge is 0.484 e. The monoisotopic (exact) mass is 412 g/mol. The fourth-order valence-corrected chi connectivity index (χ4v) is 3.19. The lowest BCUT2D eigenvalue weighted by atomic mass is 10.2. The van der Waals surface area contributed by atoms with Crippen molar-refractivity contribution in [3.8, 4) is 11.8 Å². The average molecular weight is 413 g/mol. The van der Waals surface area contributed by atoms with Gasteiger partial charge in [0.05, 0.1) is 11.6 Å². The Kier molecular flexibility index (Phi) is 6.93. The molecular formula is C21H21ClN4O3. The van der Waals surface area contributed by atoms with Gasteiger partial charge in [0.2, 0.25) is 0 Å². The molecule has 0 saturated carbocycles. The van der Waals surface area contributed by atoms with Crippen LogP contribution in [0.4, 0.5) is 10.5 Å². The summed E-state index contributed by atoms with van der Waals surface area (Å²) in [5.74, 6) is 0.404. The van der Waals surface area contributed by atoms with Gasteiger partial charge in [0.25, 0.3) is 5.91 Å². The summed E-state index contributed by atoms with van der Waals surface area (Å²) in [7, 11) is 0. The van der Waals surface area contributed by atoms with Gasteiger partial charge in [-0.25, -0.2) is 4.79 Å². The SMILES string of the molecule is N#Cc1ccc(OCC(=O)N2CCCN(C(=O)Nc3cccc(Cl)c3)CC2)cc1. The van der Waals surface area contributed by atoms with Crippen molar-refractivity contribution in [1.29, 1.82) is 5.26 Å². The number of halogens is 1. The Morgan fingerprint density at radius 2 is 1.79 bits per heavy atom. The molecule has 0 unspecified atom stereocenters. The number of nitriles is 1. The van der Waals surface area contributed by atoms with Crippen molar-refractivity contribution in [2.45, 2.75) is 6.42 Å². The Hall–Kier alpha value is -3.24. The van der Waals surface area contributed by atoms with Crippen molar-refractivity contribution < 1.29 is 14.3 Å². The molecule has 1 N–H and O–H groups in total. The number of rotatable bonds is 4. The van der Waals surface area contributed by atoms with Crippen LogP contribution in [-0.2, 0) is 4.79 Å². The van der Waals surface area contributed by atoms with Crippen molar-refractivity contribution in [2.75, 3.05) is 38.1 Å². The topological polar surface area (TPSA) is 85.7 Å². The molecular weight excluding hydrogens is 392 g/mol. The predicted molar refractivity (Wildman–Crippen MR) is 110 cm³/mol. The number of nitrogens with one attached hydrogen (secondary N) is 1. The van der Waals surface area contributed by atoms with E-state index in [9.17, 15) is 9.59 Å². The summed E-state index contributed by atoms with van der Waals surface area (Å²) in [5.41, 5.74) is 1.17. The van der Waals surface area contributed by atoms with Gasteiger partial charge in [0.1, 0.15) is 5.75 Å². The third-order valence-electron chi connectivity index (χ3n) is 4.56. The zero-order valence-corrected chi connectivity index (χ0v) is 16.6. The molecule has 1 fully saturated rings. The van der Waals surface area contributed by atoms with E-state index < -0.39 is 0 Å². The van der Waals surface area contributed by atoms with E-state index in [1.165, 1.54) is 0 Å². The van der Waals surface area contributed by atoms with Gasteiger partial charge in [-0.2, -0.15) is 5.26 Å². The lowest BCUT2D eigenvalue weighted by Crippen LogP contribution is -2.40. The highest BCUT2D eigenvalue weighted by atomic mass is 35.5. The second kappa shape index (κ2) is 9.80. The maximum absolute atomic E-state index is 12.5. The zero-order chi connectivity index (χ0) is 20.6. The molecule has 1 heterocycles. The maximum atomic E-state index is 12.5. The van der Waals surface area contributed by atoms with Gasteiger partial charge >= 0.3 is 6.03 Å². The van der Waals surface area contributed by atoms with Gasteiger partial charge in [0, 0.05) is 36.9 Å². The van der Waals surface area contributed by atoms with Crippen molar-refractivity contribution in [3.63, 3.8) is 0 Å². The lowest BCUT2D eigenvalue weighted by Gasteiger charge is -2.22. The van der Waals surface area contributed by atoms with Gasteiger partial charge in [-0.1, -0.05) is 17.7 Å². The highest BCUT2D eigenvalue weighted by Gasteiger charge is 2.22. The Bertz CT molecular complexity index is 911. The average Bonchev–Trinajstić information content (AvgIpc) is 2.99. The van der Waals surface area contributed by atoms with Gasteiger partial charge in [0.15, 0.2) is 6.61 Å². The Morgan fingerprint density at radius 3 is 2.52 bits per heavy atom. The molecule has 0 atom stereocenters. The lowest BCUT2D eigenvalue weighted by molar-refractivity contribution is -0.133. The molecule has 3 amide bonds. The van der Waals surface area contributed by atoms with Gasteiger partial charge < -0.3 is 19.9 Å². The number of hydrogen-bond donors (Lipinski definition) is 1. The maximum Gasteiger partial charge on any atom is 0.321 e. The summed E-state index contributed by atoms with van der Waals surface area (Å²) in [6.07, 6.45) is 0.686. The number of amides is 3. The molecule has 7 nitrogen and oxygen atoms in total. The first-order valence-electron chi connectivity index (χ1n) is 9.27. The second-order valence-corrected chi connectivity index (χ2v) is 7.02. The van der Waals surface area contributed by atoms with Crippen LogP contribution in [0.1, 0.15) is 12.0 Å². The number of carbonyl (C=O) groups is 2. The quantitative estimate of drug-likeness (QED) is 0.834. The van der Waals surface area contributed by atoms with Crippen molar-refractivity contribution in [1.82, 2.24) is 9.80 Å². The van der Waals surface area contributed by atoms with Crippen molar-refractivity contribution in [3.05, 3.63) is 59.1 Å². The van der Waals surface area contributed by atoms with E-state index in [1.54, 1.807) is 58.3 Å². The molecule has 150 valence electrons. The molecule has 1 aliphatic rings. The normalized spacial score (nSPS) is 13.9. The number of benzene rings is 2. The number of anilines is 1. The van der Waals surface area contributed by atoms with Crippen LogP contribution in [0.2, 0.25) is 5.02 Å². The third-order valence-corrected chi connectivity index (χ3v) is 4.79. The predicted octanol–water partition coefficient (Wildman–Crippen LogP) is 3.36. The first-order chi connectivity index (χ1) is 14.0. The number of urea groups is 1. The van der Waals surface area contributed by atoms with Crippen LogP contribution in [0.15, 0.2) is 48.5 Å². The summed E-state index contributed by atoms with van der Waals surface area (Å²) in [5, 5.41) is 12.2. The molecule has 8 heteroatoms. The summed E-state index contributed by atoms with van der Waals surface area (Å²) >= 11 is 5.95. The van der Waals surface area contributed by atoms with Crippen molar-refractivity contribution in [2.24, 2.45) is 0 Å². The standard InChI is InChI=1S/C21H21ClN4O3/c22-17-3-1-4-18(13-17)24-21(28)26-10-2-9-25(11-12-26)20(27)15-29-19-7-5-16(14-23)6-8-19/h1,3-8,13H,2,9-12,15H2,(H,24,28). The van der Waals surface area contributed by atoms with Crippen LogP contribution in [-0.4, -0.2) is 54.5 Å². The summed E-state index contributed by atoms with van der Waals surface area (Å²) in [6.45, 7) is 1.93. The van der Waals surface area contributed by atoms with Crippen LogP contribution in [0.25, 0.3) is 0 Å². The fourth-order valence-electron chi connectivity index (χ4n) is 3.00. The minimum atomic E-state index is -0.213. The molecule has 2 aromatic carbocycles. The van der Waals surface area contributed by atoms with E-state index in [2.05, 4.69) is 5.32 Å². The number of hydrogen-bond acceptors (Lipinski definition) is 4. The van der Waals surface area contributed by atoms with Crippen LogP contribution < -0.4 is 10.1 Å². The number of nitrogens with zero attached hydrogens (tertiary/aromatic N) is 3.